The van der Waals surface area contributed by atoms with Gasteiger partial charge in [0.1, 0.15) is 0 Å². The molecule has 2 N–H and O–H groups in total. The third-order valence-corrected chi connectivity index (χ3v) is 3.02. The maximum absolute atomic E-state index is 11.0. The van der Waals surface area contributed by atoms with Gasteiger partial charge in [0, 0.05) is 25.0 Å². The van der Waals surface area contributed by atoms with Crippen molar-refractivity contribution in [3.8, 4) is 0 Å². The monoisotopic (exact) mass is 274 g/mol. The second-order valence-corrected chi connectivity index (χ2v) is 4.66. The van der Waals surface area contributed by atoms with Gasteiger partial charge in [-0.3, -0.25) is 9.67 Å². The molecule has 0 fully saturated rings. The standard InChI is InChI=1S/C14H18N4O2/c1-10-8-11(2)18(17-10)7-3-5-16-13-9-15-6-4-12(13)14(19)20/h4,6,8-9,16H,3,5,7H2,1-2H3,(H,19,20). The average Bonchev–Trinajstić information content (AvgIpc) is 2.73. The average molecular weight is 274 g/mol. The van der Waals surface area contributed by atoms with Gasteiger partial charge >= 0.3 is 5.97 Å². The van der Waals surface area contributed by atoms with Crippen molar-refractivity contribution in [3.63, 3.8) is 0 Å². The number of aromatic nitrogens is 3. The summed E-state index contributed by atoms with van der Waals surface area (Å²) < 4.78 is 1.96. The predicted molar refractivity (Wildman–Crippen MR) is 76.0 cm³/mol. The zero-order chi connectivity index (χ0) is 14.5. The summed E-state index contributed by atoms with van der Waals surface area (Å²) in [6.45, 7) is 5.47. The van der Waals surface area contributed by atoms with Gasteiger partial charge in [-0.1, -0.05) is 0 Å². The van der Waals surface area contributed by atoms with Gasteiger partial charge in [-0.15, -0.1) is 0 Å². The fourth-order valence-corrected chi connectivity index (χ4v) is 2.08. The van der Waals surface area contributed by atoms with E-state index in [9.17, 15) is 4.79 Å². The van der Waals surface area contributed by atoms with Gasteiger partial charge < -0.3 is 10.4 Å². The minimum Gasteiger partial charge on any atom is -0.478 e. The molecular weight excluding hydrogens is 256 g/mol. The largest absolute Gasteiger partial charge is 0.478 e. The van der Waals surface area contributed by atoms with E-state index in [0.29, 0.717) is 12.2 Å². The Labute approximate surface area is 117 Å². The second-order valence-electron chi connectivity index (χ2n) is 4.66. The van der Waals surface area contributed by atoms with Gasteiger partial charge in [0.15, 0.2) is 0 Å². The Morgan fingerprint density at radius 2 is 2.25 bits per heavy atom. The molecule has 0 spiro atoms. The minimum absolute atomic E-state index is 0.242. The maximum atomic E-state index is 11.0. The molecule has 0 saturated carbocycles. The Kier molecular flexibility index (Phi) is 4.34. The van der Waals surface area contributed by atoms with Crippen molar-refractivity contribution < 1.29 is 9.90 Å². The van der Waals surface area contributed by atoms with Crippen molar-refractivity contribution in [1.82, 2.24) is 14.8 Å². The van der Waals surface area contributed by atoms with Crippen molar-refractivity contribution in [2.45, 2.75) is 26.8 Å². The summed E-state index contributed by atoms with van der Waals surface area (Å²) in [5.74, 6) is -0.951. The van der Waals surface area contributed by atoms with E-state index in [0.717, 1.165) is 24.4 Å². The number of pyridine rings is 1. The van der Waals surface area contributed by atoms with Crippen LogP contribution >= 0.6 is 0 Å². The van der Waals surface area contributed by atoms with Crippen LogP contribution in [-0.4, -0.2) is 32.4 Å². The van der Waals surface area contributed by atoms with Gasteiger partial charge in [0.25, 0.3) is 0 Å². The Balaban J connectivity index is 1.88. The molecule has 0 radical (unpaired) electrons. The quantitative estimate of drug-likeness (QED) is 0.788. The number of nitrogens with one attached hydrogen (secondary N) is 1. The predicted octanol–water partition coefficient (Wildman–Crippen LogP) is 2.10. The number of hydrogen-bond donors (Lipinski definition) is 2. The first-order chi connectivity index (χ1) is 9.58. The molecule has 106 valence electrons. The van der Waals surface area contributed by atoms with Crippen LogP contribution in [0.2, 0.25) is 0 Å². The van der Waals surface area contributed by atoms with Crippen LogP contribution in [0.25, 0.3) is 0 Å². The van der Waals surface area contributed by atoms with Crippen molar-refractivity contribution in [3.05, 3.63) is 41.5 Å². The smallest absolute Gasteiger partial charge is 0.337 e. The highest BCUT2D eigenvalue weighted by Gasteiger charge is 2.08. The summed E-state index contributed by atoms with van der Waals surface area (Å²) in [5.41, 5.74) is 2.94. The second kappa shape index (κ2) is 6.18. The maximum Gasteiger partial charge on any atom is 0.337 e. The highest BCUT2D eigenvalue weighted by atomic mass is 16.4. The number of hydrogen-bond acceptors (Lipinski definition) is 4. The number of anilines is 1. The van der Waals surface area contributed by atoms with E-state index in [1.165, 1.54) is 18.5 Å². The van der Waals surface area contributed by atoms with E-state index < -0.39 is 5.97 Å². The minimum atomic E-state index is -0.951. The summed E-state index contributed by atoms with van der Waals surface area (Å²) in [6.07, 6.45) is 3.87. The Morgan fingerprint density at radius 3 is 2.90 bits per heavy atom. The lowest BCUT2D eigenvalue weighted by Crippen LogP contribution is -2.11. The van der Waals surface area contributed by atoms with Crippen LogP contribution in [0.5, 0.6) is 0 Å². The summed E-state index contributed by atoms with van der Waals surface area (Å²) in [6, 6.07) is 3.53. The molecular formula is C14H18N4O2. The molecule has 0 atom stereocenters. The Morgan fingerprint density at radius 1 is 1.45 bits per heavy atom. The zero-order valence-corrected chi connectivity index (χ0v) is 11.6. The van der Waals surface area contributed by atoms with Crippen molar-refractivity contribution in [2.75, 3.05) is 11.9 Å². The molecule has 0 aromatic carbocycles. The summed E-state index contributed by atoms with van der Waals surface area (Å²) in [4.78, 5) is 15.0. The Bertz CT molecular complexity index is 607. The van der Waals surface area contributed by atoms with Gasteiger partial charge in [-0.2, -0.15) is 5.10 Å². The van der Waals surface area contributed by atoms with Gasteiger partial charge in [0.2, 0.25) is 0 Å². The van der Waals surface area contributed by atoms with Gasteiger partial charge in [-0.25, -0.2) is 4.79 Å². The summed E-state index contributed by atoms with van der Waals surface area (Å²) in [7, 11) is 0. The van der Waals surface area contributed by atoms with Crippen LogP contribution in [0.15, 0.2) is 24.5 Å². The molecule has 2 rings (SSSR count). The third-order valence-electron chi connectivity index (χ3n) is 3.02. The number of carbonyl (C=O) groups is 1. The van der Waals surface area contributed by atoms with Crippen LogP contribution in [0.1, 0.15) is 28.2 Å². The molecule has 0 aliphatic carbocycles. The van der Waals surface area contributed by atoms with E-state index in [2.05, 4.69) is 15.4 Å². The molecule has 0 bridgehead atoms. The molecule has 0 aliphatic rings. The van der Waals surface area contributed by atoms with Crippen LogP contribution in [0.3, 0.4) is 0 Å². The van der Waals surface area contributed by atoms with E-state index >= 15 is 0 Å². The van der Waals surface area contributed by atoms with E-state index in [4.69, 9.17) is 5.11 Å². The van der Waals surface area contributed by atoms with Crippen molar-refractivity contribution in [2.24, 2.45) is 0 Å². The molecule has 6 nitrogen and oxygen atoms in total. The van der Waals surface area contributed by atoms with Gasteiger partial charge in [-0.05, 0) is 32.4 Å². The molecule has 20 heavy (non-hydrogen) atoms. The fourth-order valence-electron chi connectivity index (χ4n) is 2.08. The lowest BCUT2D eigenvalue weighted by atomic mass is 10.2. The summed E-state index contributed by atoms with van der Waals surface area (Å²) >= 11 is 0. The number of aromatic carboxylic acids is 1. The molecule has 2 aromatic heterocycles. The fraction of sp³-hybridized carbons (Fsp3) is 0.357. The molecule has 0 aliphatic heterocycles. The lowest BCUT2D eigenvalue weighted by Gasteiger charge is -2.09. The van der Waals surface area contributed by atoms with Crippen molar-refractivity contribution >= 4 is 11.7 Å². The van der Waals surface area contributed by atoms with Crippen molar-refractivity contribution in [1.29, 1.82) is 0 Å². The zero-order valence-electron chi connectivity index (χ0n) is 11.6. The SMILES string of the molecule is Cc1cc(C)n(CCCNc2cnccc2C(=O)O)n1. The van der Waals surface area contributed by atoms with Crippen LogP contribution in [-0.2, 0) is 6.54 Å². The normalized spacial score (nSPS) is 10.5. The number of rotatable bonds is 6. The number of carboxylic acid groups (broad SMARTS) is 1. The molecule has 2 aromatic rings. The Hall–Kier alpha value is -2.37. The van der Waals surface area contributed by atoms with Gasteiger partial charge in [0.05, 0.1) is 23.1 Å². The van der Waals surface area contributed by atoms with E-state index in [-0.39, 0.29) is 5.56 Å². The van der Waals surface area contributed by atoms with Crippen LogP contribution in [0, 0.1) is 13.8 Å². The topological polar surface area (TPSA) is 80.0 Å². The number of aryl methyl sites for hydroxylation is 3. The highest BCUT2D eigenvalue weighted by Crippen LogP contribution is 2.13. The summed E-state index contributed by atoms with van der Waals surface area (Å²) in [5, 5.41) is 16.5. The molecule has 0 unspecified atom stereocenters. The lowest BCUT2D eigenvalue weighted by molar-refractivity contribution is 0.0698. The van der Waals surface area contributed by atoms with E-state index in [1.807, 2.05) is 24.6 Å². The van der Waals surface area contributed by atoms with Crippen LogP contribution in [0.4, 0.5) is 5.69 Å². The van der Waals surface area contributed by atoms with Crippen LogP contribution < -0.4 is 5.32 Å². The molecule has 6 heteroatoms. The highest BCUT2D eigenvalue weighted by molar-refractivity contribution is 5.93. The first-order valence-electron chi connectivity index (χ1n) is 6.50. The molecule has 0 saturated heterocycles. The first kappa shape index (κ1) is 14.0. The first-order valence-corrected chi connectivity index (χ1v) is 6.50. The molecule has 0 amide bonds. The third kappa shape index (κ3) is 3.34. The number of nitrogens with zero attached hydrogens (tertiary/aromatic N) is 3. The van der Waals surface area contributed by atoms with E-state index in [1.54, 1.807) is 0 Å². The molecule has 2 heterocycles. The number of carboxylic acids is 1.